The Balaban J connectivity index is 1.86. The van der Waals surface area contributed by atoms with Crippen molar-refractivity contribution in [3.05, 3.63) is 62.2 Å². The lowest BCUT2D eigenvalue weighted by molar-refractivity contribution is -0.137. The third-order valence-corrected chi connectivity index (χ3v) is 5.32. The van der Waals surface area contributed by atoms with Gasteiger partial charge in [0.15, 0.2) is 0 Å². The summed E-state index contributed by atoms with van der Waals surface area (Å²) in [5.41, 5.74) is 1.88. The lowest BCUT2D eigenvalue weighted by Crippen LogP contribution is -2.06. The Hall–Kier alpha value is -1.74. The summed E-state index contributed by atoms with van der Waals surface area (Å²) < 4.78 is 42.4. The summed E-state index contributed by atoms with van der Waals surface area (Å²) in [7, 11) is 0. The minimum Gasteiger partial charge on any atom is -0.369 e. The summed E-state index contributed by atoms with van der Waals surface area (Å²) in [6.45, 7) is 0.726. The molecule has 0 unspecified atom stereocenters. The van der Waals surface area contributed by atoms with E-state index < -0.39 is 11.7 Å². The zero-order valence-corrected chi connectivity index (χ0v) is 16.2. The Bertz CT molecular complexity index is 981. The number of nitrogens with one attached hydrogen (secondary N) is 1. The fourth-order valence-corrected chi connectivity index (χ4v) is 3.65. The van der Waals surface area contributed by atoms with Gasteiger partial charge in [0.1, 0.15) is 5.82 Å². The maximum atomic E-state index is 13.2. The third kappa shape index (κ3) is 3.07. The van der Waals surface area contributed by atoms with Gasteiger partial charge in [-0.1, -0.05) is 17.7 Å². The number of fused-ring (bicyclic) bond motifs is 1. The summed E-state index contributed by atoms with van der Waals surface area (Å²) in [5.74, 6) is 0.824. The summed E-state index contributed by atoms with van der Waals surface area (Å²) in [6, 6.07) is 11.7. The van der Waals surface area contributed by atoms with Crippen molar-refractivity contribution in [2.45, 2.75) is 12.6 Å². The fraction of sp³-hybridized carbons (Fsp3) is 0.167. The van der Waals surface area contributed by atoms with Gasteiger partial charge in [0, 0.05) is 21.2 Å². The number of hydrogen-bond acceptors (Lipinski definition) is 2. The van der Waals surface area contributed by atoms with Crippen molar-refractivity contribution < 1.29 is 13.2 Å². The average Bonchev–Trinajstić information content (AvgIpc) is 3.18. The van der Waals surface area contributed by atoms with E-state index in [9.17, 15) is 13.2 Å². The van der Waals surface area contributed by atoms with Gasteiger partial charge in [0.05, 0.1) is 22.0 Å². The monoisotopic (exact) mass is 489 g/mol. The molecule has 134 valence electrons. The Kier molecular flexibility index (Phi) is 4.38. The van der Waals surface area contributed by atoms with Crippen LogP contribution < -0.4 is 5.32 Å². The van der Waals surface area contributed by atoms with Crippen molar-refractivity contribution in [3.8, 4) is 16.9 Å². The van der Waals surface area contributed by atoms with E-state index in [0.717, 1.165) is 33.3 Å². The Labute approximate surface area is 166 Å². The molecule has 2 aromatic carbocycles. The van der Waals surface area contributed by atoms with Crippen molar-refractivity contribution in [1.29, 1.82) is 0 Å². The molecule has 1 aromatic heterocycles. The van der Waals surface area contributed by atoms with Gasteiger partial charge in [-0.2, -0.15) is 18.3 Å². The van der Waals surface area contributed by atoms with E-state index in [1.165, 1.54) is 6.07 Å². The van der Waals surface area contributed by atoms with E-state index >= 15 is 0 Å². The predicted molar refractivity (Wildman–Crippen MR) is 104 cm³/mol. The quantitative estimate of drug-likeness (QED) is 0.462. The van der Waals surface area contributed by atoms with Crippen molar-refractivity contribution in [3.63, 3.8) is 0 Å². The maximum Gasteiger partial charge on any atom is 0.417 e. The molecule has 3 nitrogen and oxygen atoms in total. The maximum absolute atomic E-state index is 13.2. The molecule has 0 saturated heterocycles. The van der Waals surface area contributed by atoms with Crippen LogP contribution in [-0.4, -0.2) is 16.3 Å². The molecule has 3 aromatic rings. The van der Waals surface area contributed by atoms with Gasteiger partial charge in [-0.15, -0.1) is 0 Å². The predicted octanol–water partition coefficient (Wildman–Crippen LogP) is 5.78. The highest BCUT2D eigenvalue weighted by atomic mass is 127. The zero-order chi connectivity index (χ0) is 18.5. The van der Waals surface area contributed by atoms with E-state index in [0.29, 0.717) is 17.7 Å². The normalized spacial score (nSPS) is 13.6. The molecule has 0 fully saturated rings. The molecule has 0 saturated carbocycles. The standard InChI is InChI=1S/C18H12ClF3IN3/c19-15-6-1-10(9-14(15)18(20,21)22)16-13-7-8-24-17(13)26(25-16)12-4-2-11(23)3-5-12/h1-6,9,24H,7-8H2. The highest BCUT2D eigenvalue weighted by Gasteiger charge is 2.34. The van der Waals surface area contributed by atoms with Crippen LogP contribution in [0.4, 0.5) is 19.0 Å². The molecular weight excluding hydrogens is 478 g/mol. The van der Waals surface area contributed by atoms with E-state index in [2.05, 4.69) is 33.0 Å². The second-order valence-electron chi connectivity index (χ2n) is 5.93. The van der Waals surface area contributed by atoms with Crippen LogP contribution in [0.2, 0.25) is 5.02 Å². The van der Waals surface area contributed by atoms with E-state index in [1.54, 1.807) is 10.7 Å². The number of nitrogens with zero attached hydrogens (tertiary/aromatic N) is 2. The Morgan fingerprint density at radius 1 is 1.12 bits per heavy atom. The van der Waals surface area contributed by atoms with Gasteiger partial charge in [-0.3, -0.25) is 0 Å². The Morgan fingerprint density at radius 3 is 2.54 bits per heavy atom. The second kappa shape index (κ2) is 6.45. The van der Waals surface area contributed by atoms with Gasteiger partial charge in [0.25, 0.3) is 0 Å². The van der Waals surface area contributed by atoms with Crippen LogP contribution in [0.5, 0.6) is 0 Å². The average molecular weight is 490 g/mol. The minimum absolute atomic E-state index is 0.312. The number of anilines is 1. The lowest BCUT2D eigenvalue weighted by atomic mass is 10.0. The topological polar surface area (TPSA) is 29.9 Å². The van der Waals surface area contributed by atoms with Crippen LogP contribution in [-0.2, 0) is 12.6 Å². The smallest absolute Gasteiger partial charge is 0.369 e. The van der Waals surface area contributed by atoms with Gasteiger partial charge in [-0.05, 0) is 65.4 Å². The molecule has 0 spiro atoms. The SMILES string of the molecule is FC(F)(F)c1cc(-c2nn(-c3ccc(I)cc3)c3c2CCN3)ccc1Cl. The summed E-state index contributed by atoms with van der Waals surface area (Å²) in [4.78, 5) is 0. The molecule has 0 radical (unpaired) electrons. The molecule has 1 aliphatic rings. The van der Waals surface area contributed by atoms with Crippen LogP contribution in [0.1, 0.15) is 11.1 Å². The first kappa shape index (κ1) is 17.7. The molecule has 2 heterocycles. The molecule has 4 rings (SSSR count). The van der Waals surface area contributed by atoms with Crippen LogP contribution >= 0.6 is 34.2 Å². The van der Waals surface area contributed by atoms with Crippen LogP contribution in [0, 0.1) is 3.57 Å². The van der Waals surface area contributed by atoms with Crippen LogP contribution in [0.3, 0.4) is 0 Å². The third-order valence-electron chi connectivity index (χ3n) is 4.27. The van der Waals surface area contributed by atoms with Crippen LogP contribution in [0.15, 0.2) is 42.5 Å². The molecular formula is C18H12ClF3IN3. The number of alkyl halides is 3. The van der Waals surface area contributed by atoms with Gasteiger partial charge in [-0.25, -0.2) is 4.68 Å². The highest BCUT2D eigenvalue weighted by molar-refractivity contribution is 14.1. The first-order chi connectivity index (χ1) is 12.3. The number of aromatic nitrogens is 2. The summed E-state index contributed by atoms with van der Waals surface area (Å²) >= 11 is 7.96. The molecule has 1 aliphatic heterocycles. The number of halogens is 5. The van der Waals surface area contributed by atoms with Crippen molar-refractivity contribution in [2.24, 2.45) is 0 Å². The largest absolute Gasteiger partial charge is 0.417 e. The van der Waals surface area contributed by atoms with E-state index in [4.69, 9.17) is 11.6 Å². The van der Waals surface area contributed by atoms with Crippen molar-refractivity contribution in [2.75, 3.05) is 11.9 Å². The molecule has 0 atom stereocenters. The Morgan fingerprint density at radius 2 is 1.85 bits per heavy atom. The number of hydrogen-bond donors (Lipinski definition) is 1. The summed E-state index contributed by atoms with van der Waals surface area (Å²) in [6.07, 6.45) is -3.80. The van der Waals surface area contributed by atoms with Crippen molar-refractivity contribution >= 4 is 40.0 Å². The summed E-state index contributed by atoms with van der Waals surface area (Å²) in [5, 5.41) is 7.56. The van der Waals surface area contributed by atoms with Crippen molar-refractivity contribution in [1.82, 2.24) is 9.78 Å². The minimum atomic E-state index is -4.51. The first-order valence-electron chi connectivity index (χ1n) is 7.83. The van der Waals surface area contributed by atoms with Gasteiger partial charge < -0.3 is 5.32 Å². The molecule has 26 heavy (non-hydrogen) atoms. The molecule has 0 amide bonds. The number of benzene rings is 2. The molecule has 1 N–H and O–H groups in total. The van der Waals surface area contributed by atoms with E-state index in [-0.39, 0.29) is 5.02 Å². The van der Waals surface area contributed by atoms with Gasteiger partial charge in [0.2, 0.25) is 0 Å². The van der Waals surface area contributed by atoms with Gasteiger partial charge >= 0.3 is 6.18 Å². The number of rotatable bonds is 2. The molecule has 0 aliphatic carbocycles. The zero-order valence-electron chi connectivity index (χ0n) is 13.2. The lowest BCUT2D eigenvalue weighted by Gasteiger charge is -2.10. The molecule has 0 bridgehead atoms. The second-order valence-corrected chi connectivity index (χ2v) is 7.59. The molecule has 8 heteroatoms. The first-order valence-corrected chi connectivity index (χ1v) is 9.29. The van der Waals surface area contributed by atoms with E-state index in [1.807, 2.05) is 24.3 Å². The van der Waals surface area contributed by atoms with Crippen LogP contribution in [0.25, 0.3) is 16.9 Å². The fourth-order valence-electron chi connectivity index (χ4n) is 3.07. The highest BCUT2D eigenvalue weighted by Crippen LogP contribution is 2.40.